The van der Waals surface area contributed by atoms with E-state index in [2.05, 4.69) is 10.1 Å². The minimum absolute atomic E-state index is 0.421. The molecule has 0 saturated heterocycles. The van der Waals surface area contributed by atoms with Gasteiger partial charge in [0, 0.05) is 7.05 Å². The quantitative estimate of drug-likeness (QED) is 0.775. The van der Waals surface area contributed by atoms with Crippen LogP contribution in [0.5, 0.6) is 0 Å². The SMILES string of the molecule is Cn1nc(C(=O)O)nc1CC(F)(F)F. The Hall–Kier alpha value is -1.60. The number of hydrogen-bond donors (Lipinski definition) is 1. The molecule has 0 aliphatic carbocycles. The van der Waals surface area contributed by atoms with Gasteiger partial charge in [-0.25, -0.2) is 9.78 Å². The first-order valence-corrected chi connectivity index (χ1v) is 3.49. The number of aryl methyl sites for hydroxylation is 1. The lowest BCUT2D eigenvalue weighted by Gasteiger charge is -2.03. The third-order valence-corrected chi connectivity index (χ3v) is 1.40. The molecule has 1 rings (SSSR count). The Morgan fingerprint density at radius 3 is 2.50 bits per heavy atom. The lowest BCUT2D eigenvalue weighted by molar-refractivity contribution is -0.129. The van der Waals surface area contributed by atoms with Gasteiger partial charge in [-0.2, -0.15) is 13.2 Å². The number of rotatable bonds is 2. The molecule has 1 aromatic rings. The van der Waals surface area contributed by atoms with Crippen LogP contribution in [0.15, 0.2) is 0 Å². The van der Waals surface area contributed by atoms with Gasteiger partial charge in [0.1, 0.15) is 12.2 Å². The Morgan fingerprint density at radius 2 is 2.14 bits per heavy atom. The Morgan fingerprint density at radius 1 is 1.57 bits per heavy atom. The Labute approximate surface area is 76.2 Å². The van der Waals surface area contributed by atoms with Gasteiger partial charge in [0.25, 0.3) is 5.82 Å². The largest absolute Gasteiger partial charge is 0.475 e. The van der Waals surface area contributed by atoms with Crippen molar-refractivity contribution >= 4 is 5.97 Å². The van der Waals surface area contributed by atoms with Gasteiger partial charge in [0.15, 0.2) is 0 Å². The average Bonchev–Trinajstić information content (AvgIpc) is 2.29. The third-order valence-electron chi connectivity index (χ3n) is 1.40. The molecular weight excluding hydrogens is 203 g/mol. The summed E-state index contributed by atoms with van der Waals surface area (Å²) in [5.41, 5.74) is 0. The first-order valence-electron chi connectivity index (χ1n) is 3.49. The molecular formula is C6H6F3N3O2. The van der Waals surface area contributed by atoms with Gasteiger partial charge < -0.3 is 5.11 Å². The first kappa shape index (κ1) is 10.5. The second-order valence-corrected chi connectivity index (χ2v) is 2.57. The van der Waals surface area contributed by atoms with E-state index < -0.39 is 30.2 Å². The molecule has 1 N–H and O–H groups in total. The lowest BCUT2D eigenvalue weighted by Crippen LogP contribution is -2.15. The fraction of sp³-hybridized carbons (Fsp3) is 0.500. The van der Waals surface area contributed by atoms with Crippen molar-refractivity contribution in [2.75, 3.05) is 0 Å². The molecule has 1 heterocycles. The van der Waals surface area contributed by atoms with E-state index in [1.54, 1.807) is 0 Å². The van der Waals surface area contributed by atoms with Crippen LogP contribution < -0.4 is 0 Å². The molecule has 1 aromatic heterocycles. The summed E-state index contributed by atoms with van der Waals surface area (Å²) in [7, 11) is 1.21. The van der Waals surface area contributed by atoms with Gasteiger partial charge in [0.05, 0.1) is 0 Å². The summed E-state index contributed by atoms with van der Waals surface area (Å²) in [6.45, 7) is 0. The number of aromatic nitrogens is 3. The average molecular weight is 209 g/mol. The van der Waals surface area contributed by atoms with E-state index in [-0.39, 0.29) is 0 Å². The third kappa shape index (κ3) is 2.44. The lowest BCUT2D eigenvalue weighted by atomic mass is 10.4. The maximum atomic E-state index is 11.9. The van der Waals surface area contributed by atoms with Crippen LogP contribution in [-0.2, 0) is 13.5 Å². The van der Waals surface area contributed by atoms with Crippen LogP contribution in [0.25, 0.3) is 0 Å². The molecule has 0 atom stereocenters. The minimum Gasteiger partial charge on any atom is -0.475 e. The zero-order chi connectivity index (χ0) is 10.9. The van der Waals surface area contributed by atoms with E-state index in [1.807, 2.05) is 0 Å². The summed E-state index contributed by atoms with van der Waals surface area (Å²) in [5, 5.41) is 11.7. The maximum absolute atomic E-state index is 11.9. The standard InChI is InChI=1S/C6H6F3N3O2/c1-12-3(2-6(7,8)9)10-4(11-12)5(13)14/h2H2,1H3,(H,13,14). The van der Waals surface area contributed by atoms with E-state index in [9.17, 15) is 18.0 Å². The zero-order valence-electron chi connectivity index (χ0n) is 7.04. The van der Waals surface area contributed by atoms with E-state index >= 15 is 0 Å². The van der Waals surface area contributed by atoms with Crippen LogP contribution >= 0.6 is 0 Å². The highest BCUT2D eigenvalue weighted by Gasteiger charge is 2.31. The Balaban J connectivity index is 2.94. The summed E-state index contributed by atoms with van der Waals surface area (Å²) in [5.74, 6) is -2.50. The van der Waals surface area contributed by atoms with Crippen molar-refractivity contribution in [1.82, 2.24) is 14.8 Å². The predicted octanol–water partition coefficient (Wildman–Crippen LogP) is 0.618. The molecule has 0 amide bonds. The smallest absolute Gasteiger partial charge is 0.396 e. The van der Waals surface area contributed by atoms with Gasteiger partial charge in [-0.15, -0.1) is 5.10 Å². The molecule has 14 heavy (non-hydrogen) atoms. The minimum atomic E-state index is -4.42. The van der Waals surface area contributed by atoms with Crippen molar-refractivity contribution in [2.24, 2.45) is 7.05 Å². The number of hydrogen-bond acceptors (Lipinski definition) is 3. The first-order chi connectivity index (χ1) is 6.29. The van der Waals surface area contributed by atoms with Crippen LogP contribution in [0.2, 0.25) is 0 Å². The summed E-state index contributed by atoms with van der Waals surface area (Å²) < 4.78 is 36.5. The van der Waals surface area contributed by atoms with Gasteiger partial charge in [-0.3, -0.25) is 4.68 Å². The molecule has 0 unspecified atom stereocenters. The molecule has 0 aromatic carbocycles. The molecule has 8 heteroatoms. The summed E-state index contributed by atoms with van der Waals surface area (Å²) in [4.78, 5) is 13.5. The zero-order valence-corrected chi connectivity index (χ0v) is 7.04. The molecule has 0 saturated carbocycles. The second-order valence-electron chi connectivity index (χ2n) is 2.57. The monoisotopic (exact) mass is 209 g/mol. The second kappa shape index (κ2) is 3.28. The molecule has 0 aliphatic rings. The Bertz CT molecular complexity index is 358. The fourth-order valence-electron chi connectivity index (χ4n) is 0.841. The van der Waals surface area contributed by atoms with E-state index in [4.69, 9.17) is 5.11 Å². The number of carboxylic acids is 1. The van der Waals surface area contributed by atoms with Gasteiger partial charge in [-0.1, -0.05) is 0 Å². The summed E-state index contributed by atoms with van der Waals surface area (Å²) in [6.07, 6.45) is -5.71. The molecule has 0 bridgehead atoms. The van der Waals surface area contributed by atoms with Gasteiger partial charge in [0.2, 0.25) is 0 Å². The molecule has 5 nitrogen and oxygen atoms in total. The van der Waals surface area contributed by atoms with Crippen LogP contribution in [0.1, 0.15) is 16.4 Å². The van der Waals surface area contributed by atoms with Crippen molar-refractivity contribution in [3.05, 3.63) is 11.6 Å². The number of carboxylic acid groups (broad SMARTS) is 1. The van der Waals surface area contributed by atoms with Crippen molar-refractivity contribution in [3.63, 3.8) is 0 Å². The highest BCUT2D eigenvalue weighted by molar-refractivity contribution is 5.82. The van der Waals surface area contributed by atoms with Crippen LogP contribution in [0.4, 0.5) is 13.2 Å². The fourth-order valence-corrected chi connectivity index (χ4v) is 0.841. The van der Waals surface area contributed by atoms with E-state index in [0.717, 1.165) is 4.68 Å². The molecule has 0 spiro atoms. The van der Waals surface area contributed by atoms with Crippen LogP contribution in [0.3, 0.4) is 0 Å². The molecule has 0 fully saturated rings. The highest BCUT2D eigenvalue weighted by atomic mass is 19.4. The molecule has 78 valence electrons. The summed E-state index contributed by atoms with van der Waals surface area (Å²) >= 11 is 0. The topological polar surface area (TPSA) is 68.0 Å². The van der Waals surface area contributed by atoms with Crippen molar-refractivity contribution < 1.29 is 23.1 Å². The number of halogens is 3. The van der Waals surface area contributed by atoms with Crippen LogP contribution in [0, 0.1) is 0 Å². The predicted molar refractivity (Wildman–Crippen MR) is 37.7 cm³/mol. The van der Waals surface area contributed by atoms with E-state index in [0.29, 0.717) is 0 Å². The number of nitrogens with zero attached hydrogens (tertiary/aromatic N) is 3. The van der Waals surface area contributed by atoms with Crippen molar-refractivity contribution in [1.29, 1.82) is 0 Å². The summed E-state index contributed by atoms with van der Waals surface area (Å²) in [6, 6.07) is 0. The Kier molecular flexibility index (Phi) is 2.45. The maximum Gasteiger partial charge on any atom is 0.396 e. The molecule has 0 radical (unpaired) electrons. The van der Waals surface area contributed by atoms with Crippen molar-refractivity contribution in [2.45, 2.75) is 12.6 Å². The van der Waals surface area contributed by atoms with Gasteiger partial charge in [-0.05, 0) is 0 Å². The number of alkyl halides is 3. The number of aromatic carboxylic acids is 1. The normalized spacial score (nSPS) is 11.7. The highest BCUT2D eigenvalue weighted by Crippen LogP contribution is 2.19. The number of carbonyl (C=O) groups is 1. The van der Waals surface area contributed by atoms with Crippen LogP contribution in [-0.4, -0.2) is 32.0 Å². The molecule has 0 aliphatic heterocycles. The van der Waals surface area contributed by atoms with Crippen molar-refractivity contribution in [3.8, 4) is 0 Å². The van der Waals surface area contributed by atoms with E-state index in [1.165, 1.54) is 7.05 Å². The van der Waals surface area contributed by atoms with Gasteiger partial charge >= 0.3 is 12.1 Å².